The molecule has 0 aromatic carbocycles. The molecule has 0 aliphatic carbocycles. The van der Waals surface area contributed by atoms with Crippen molar-refractivity contribution in [3.8, 4) is 0 Å². The summed E-state index contributed by atoms with van der Waals surface area (Å²) in [6.07, 6.45) is 2.76. The van der Waals surface area contributed by atoms with Crippen LogP contribution in [0.1, 0.15) is 31.5 Å². The van der Waals surface area contributed by atoms with Crippen LogP contribution in [0.15, 0.2) is 6.20 Å². The number of aromatic nitrogens is 2. The van der Waals surface area contributed by atoms with Gasteiger partial charge in [0, 0.05) is 24.8 Å². The molecular weight excluding hydrogens is 230 g/mol. The number of hydrogen-bond donors (Lipinski definition) is 1. The number of esters is 1. The largest absolute Gasteiger partial charge is 0.468 e. The molecule has 0 bridgehead atoms. The fourth-order valence-electron chi connectivity index (χ4n) is 1.82. The van der Waals surface area contributed by atoms with Gasteiger partial charge in [-0.2, -0.15) is 5.10 Å². The van der Waals surface area contributed by atoms with E-state index in [1.807, 2.05) is 31.8 Å². The SMILES string of the molecule is CCC(C)C(NCc1cnn(C)c1C)C(=O)OC. The zero-order chi connectivity index (χ0) is 13.7. The molecule has 0 radical (unpaired) electrons. The van der Waals surface area contributed by atoms with Crippen molar-refractivity contribution in [3.63, 3.8) is 0 Å². The number of hydrogen-bond acceptors (Lipinski definition) is 4. The lowest BCUT2D eigenvalue weighted by Crippen LogP contribution is -2.42. The molecule has 0 spiro atoms. The zero-order valence-electron chi connectivity index (χ0n) is 11.9. The van der Waals surface area contributed by atoms with Crippen LogP contribution in [0.25, 0.3) is 0 Å². The van der Waals surface area contributed by atoms with E-state index in [1.54, 1.807) is 0 Å². The maximum Gasteiger partial charge on any atom is 0.323 e. The second-order valence-corrected chi connectivity index (χ2v) is 4.65. The summed E-state index contributed by atoms with van der Waals surface area (Å²) in [6.45, 7) is 6.76. The standard InChI is InChI=1S/C13H23N3O2/c1-6-9(2)12(13(17)18-5)14-7-11-8-15-16(4)10(11)3/h8-9,12,14H,6-7H2,1-5H3. The van der Waals surface area contributed by atoms with E-state index < -0.39 is 0 Å². The van der Waals surface area contributed by atoms with Crippen LogP contribution in [0.2, 0.25) is 0 Å². The van der Waals surface area contributed by atoms with Gasteiger partial charge in [0.25, 0.3) is 0 Å². The van der Waals surface area contributed by atoms with E-state index in [4.69, 9.17) is 4.74 Å². The Labute approximate surface area is 109 Å². The zero-order valence-corrected chi connectivity index (χ0v) is 11.9. The van der Waals surface area contributed by atoms with Crippen LogP contribution in [-0.4, -0.2) is 28.9 Å². The highest BCUT2D eigenvalue weighted by atomic mass is 16.5. The quantitative estimate of drug-likeness (QED) is 0.779. The van der Waals surface area contributed by atoms with E-state index in [0.29, 0.717) is 6.54 Å². The number of aryl methyl sites for hydroxylation is 1. The maximum absolute atomic E-state index is 11.7. The second-order valence-electron chi connectivity index (χ2n) is 4.65. The first-order valence-electron chi connectivity index (χ1n) is 6.29. The van der Waals surface area contributed by atoms with Gasteiger partial charge in [-0.1, -0.05) is 20.3 Å². The molecule has 5 heteroatoms. The van der Waals surface area contributed by atoms with Gasteiger partial charge < -0.3 is 4.74 Å². The first-order valence-corrected chi connectivity index (χ1v) is 6.29. The Hall–Kier alpha value is -1.36. The van der Waals surface area contributed by atoms with Crippen LogP contribution in [0.5, 0.6) is 0 Å². The Bertz CT molecular complexity index is 401. The summed E-state index contributed by atoms with van der Waals surface area (Å²) in [5.74, 6) is 0.0420. The molecule has 0 saturated heterocycles. The Morgan fingerprint density at radius 3 is 2.72 bits per heavy atom. The molecule has 0 fully saturated rings. The van der Waals surface area contributed by atoms with Crippen molar-refractivity contribution >= 4 is 5.97 Å². The van der Waals surface area contributed by atoms with E-state index in [1.165, 1.54) is 7.11 Å². The predicted octanol–water partition coefficient (Wildman–Crippen LogP) is 1.41. The Balaban J connectivity index is 2.67. The van der Waals surface area contributed by atoms with Crippen molar-refractivity contribution < 1.29 is 9.53 Å². The summed E-state index contributed by atoms with van der Waals surface area (Å²) in [5.41, 5.74) is 2.21. The lowest BCUT2D eigenvalue weighted by molar-refractivity contribution is -0.144. The lowest BCUT2D eigenvalue weighted by atomic mass is 9.99. The second kappa shape index (κ2) is 6.54. The van der Waals surface area contributed by atoms with E-state index >= 15 is 0 Å². The maximum atomic E-state index is 11.7. The van der Waals surface area contributed by atoms with Gasteiger partial charge >= 0.3 is 5.97 Å². The summed E-state index contributed by atoms with van der Waals surface area (Å²) in [4.78, 5) is 11.7. The molecule has 5 nitrogen and oxygen atoms in total. The number of ether oxygens (including phenoxy) is 1. The highest BCUT2D eigenvalue weighted by Gasteiger charge is 2.24. The van der Waals surface area contributed by atoms with Gasteiger partial charge in [-0.25, -0.2) is 0 Å². The number of rotatable bonds is 6. The van der Waals surface area contributed by atoms with Crippen LogP contribution in [0.4, 0.5) is 0 Å². The summed E-state index contributed by atoms with van der Waals surface area (Å²) in [5, 5.41) is 7.45. The highest BCUT2D eigenvalue weighted by Crippen LogP contribution is 2.11. The molecule has 0 aliphatic rings. The average Bonchev–Trinajstić information content (AvgIpc) is 2.69. The Kier molecular flexibility index (Phi) is 5.34. The van der Waals surface area contributed by atoms with Crippen molar-refractivity contribution in [3.05, 3.63) is 17.5 Å². The van der Waals surface area contributed by atoms with Gasteiger partial charge in [0.2, 0.25) is 0 Å². The molecule has 2 unspecified atom stereocenters. The molecule has 1 rings (SSSR count). The van der Waals surface area contributed by atoms with Crippen molar-refractivity contribution in [2.24, 2.45) is 13.0 Å². The van der Waals surface area contributed by atoms with Crippen LogP contribution < -0.4 is 5.32 Å². The molecule has 1 N–H and O–H groups in total. The number of carbonyl (C=O) groups excluding carboxylic acids is 1. The first kappa shape index (κ1) is 14.7. The molecule has 0 amide bonds. The van der Waals surface area contributed by atoms with Crippen molar-refractivity contribution in [1.29, 1.82) is 0 Å². The number of nitrogens with one attached hydrogen (secondary N) is 1. The smallest absolute Gasteiger partial charge is 0.323 e. The molecule has 18 heavy (non-hydrogen) atoms. The highest BCUT2D eigenvalue weighted by molar-refractivity contribution is 5.75. The number of methoxy groups -OCH3 is 1. The minimum Gasteiger partial charge on any atom is -0.468 e. The molecule has 1 aromatic heterocycles. The third-order valence-corrected chi connectivity index (χ3v) is 3.52. The van der Waals surface area contributed by atoms with E-state index in [9.17, 15) is 4.79 Å². The van der Waals surface area contributed by atoms with Crippen LogP contribution in [0.3, 0.4) is 0 Å². The fourth-order valence-corrected chi connectivity index (χ4v) is 1.82. The Morgan fingerprint density at radius 1 is 1.61 bits per heavy atom. The van der Waals surface area contributed by atoms with Gasteiger partial charge in [-0.05, 0) is 12.8 Å². The summed E-state index contributed by atoms with van der Waals surface area (Å²) >= 11 is 0. The minimum atomic E-state index is -0.264. The normalized spacial score (nSPS) is 14.3. The van der Waals surface area contributed by atoms with Crippen LogP contribution in [0, 0.1) is 12.8 Å². The van der Waals surface area contributed by atoms with Gasteiger partial charge in [0.15, 0.2) is 0 Å². The van der Waals surface area contributed by atoms with Gasteiger partial charge in [0.1, 0.15) is 6.04 Å². The molecule has 2 atom stereocenters. The van der Waals surface area contributed by atoms with E-state index in [2.05, 4.69) is 17.3 Å². The van der Waals surface area contributed by atoms with Crippen LogP contribution in [-0.2, 0) is 23.1 Å². The number of carbonyl (C=O) groups is 1. The van der Waals surface area contributed by atoms with E-state index in [-0.39, 0.29) is 17.9 Å². The van der Waals surface area contributed by atoms with Gasteiger partial charge in [0.05, 0.1) is 13.3 Å². The fraction of sp³-hybridized carbons (Fsp3) is 0.692. The molecule has 0 saturated carbocycles. The summed E-state index contributed by atoms with van der Waals surface area (Å²) in [6, 6.07) is -0.264. The van der Waals surface area contributed by atoms with Gasteiger partial charge in [-0.3, -0.25) is 14.8 Å². The molecule has 1 aromatic rings. The topological polar surface area (TPSA) is 56.2 Å². The molecule has 0 aliphatic heterocycles. The van der Waals surface area contributed by atoms with Crippen molar-refractivity contribution in [2.45, 2.75) is 39.8 Å². The molecule has 102 valence electrons. The summed E-state index contributed by atoms with van der Waals surface area (Å²) in [7, 11) is 3.33. The number of nitrogens with zero attached hydrogens (tertiary/aromatic N) is 2. The summed E-state index contributed by atoms with van der Waals surface area (Å²) < 4.78 is 6.66. The monoisotopic (exact) mass is 253 g/mol. The first-order chi connectivity index (χ1) is 8.51. The molecule has 1 heterocycles. The lowest BCUT2D eigenvalue weighted by Gasteiger charge is -2.21. The minimum absolute atomic E-state index is 0.203. The van der Waals surface area contributed by atoms with Crippen LogP contribution >= 0.6 is 0 Å². The third-order valence-electron chi connectivity index (χ3n) is 3.52. The van der Waals surface area contributed by atoms with E-state index in [0.717, 1.165) is 17.7 Å². The third kappa shape index (κ3) is 3.32. The molecular formula is C13H23N3O2. The predicted molar refractivity (Wildman–Crippen MR) is 70.0 cm³/mol. The van der Waals surface area contributed by atoms with Crippen molar-refractivity contribution in [2.75, 3.05) is 7.11 Å². The Morgan fingerprint density at radius 2 is 2.28 bits per heavy atom. The van der Waals surface area contributed by atoms with Crippen molar-refractivity contribution in [1.82, 2.24) is 15.1 Å². The average molecular weight is 253 g/mol. The van der Waals surface area contributed by atoms with Gasteiger partial charge in [-0.15, -0.1) is 0 Å².